The summed E-state index contributed by atoms with van der Waals surface area (Å²) in [6, 6.07) is 17.9. The molecule has 3 aromatic rings. The van der Waals surface area contributed by atoms with Crippen LogP contribution in [0.5, 0.6) is 23.0 Å². The van der Waals surface area contributed by atoms with Gasteiger partial charge in [0.2, 0.25) is 0 Å². The highest BCUT2D eigenvalue weighted by molar-refractivity contribution is 6.10. The monoisotopic (exact) mass is 487 g/mol. The van der Waals surface area contributed by atoms with Crippen LogP contribution in [0.25, 0.3) is 12.2 Å². The van der Waals surface area contributed by atoms with Crippen molar-refractivity contribution in [3.8, 4) is 23.0 Å². The van der Waals surface area contributed by atoms with E-state index in [1.807, 2.05) is 6.07 Å². The van der Waals surface area contributed by atoms with Crippen molar-refractivity contribution < 1.29 is 34.1 Å². The number of carbonyl (C=O) groups is 3. The lowest BCUT2D eigenvalue weighted by Crippen LogP contribution is -2.20. The molecule has 184 valence electrons. The zero-order valence-corrected chi connectivity index (χ0v) is 19.5. The number of amides is 1. The summed E-state index contributed by atoms with van der Waals surface area (Å²) in [5.74, 6) is -1.01. The van der Waals surface area contributed by atoms with Gasteiger partial charge in [-0.15, -0.1) is 0 Å². The molecule has 0 bridgehead atoms. The second-order valence-corrected chi connectivity index (χ2v) is 7.64. The van der Waals surface area contributed by atoms with Gasteiger partial charge in [-0.1, -0.05) is 42.5 Å². The second-order valence-electron chi connectivity index (χ2n) is 7.64. The van der Waals surface area contributed by atoms with Crippen LogP contribution < -0.4 is 14.8 Å². The topological polar surface area (TPSA) is 122 Å². The van der Waals surface area contributed by atoms with Crippen molar-refractivity contribution in [3.05, 3.63) is 90.0 Å². The largest absolute Gasteiger partial charge is 0.504 e. The highest BCUT2D eigenvalue weighted by atomic mass is 16.5. The second kappa shape index (κ2) is 12.6. The maximum Gasteiger partial charge on any atom is 0.262 e. The van der Waals surface area contributed by atoms with Gasteiger partial charge in [0.05, 0.1) is 13.5 Å². The molecule has 3 rings (SSSR count). The Morgan fingerprint density at radius 3 is 1.94 bits per heavy atom. The van der Waals surface area contributed by atoms with E-state index >= 15 is 0 Å². The molecule has 0 fully saturated rings. The third-order valence-corrected chi connectivity index (χ3v) is 4.88. The van der Waals surface area contributed by atoms with Crippen molar-refractivity contribution >= 4 is 35.3 Å². The molecule has 0 radical (unpaired) electrons. The number of phenols is 2. The molecule has 0 saturated heterocycles. The lowest BCUT2D eigenvalue weighted by Gasteiger charge is -2.09. The normalized spacial score (nSPS) is 10.9. The molecule has 3 N–H and O–H groups in total. The molecule has 0 aliphatic heterocycles. The van der Waals surface area contributed by atoms with Gasteiger partial charge in [-0.25, -0.2) is 0 Å². The summed E-state index contributed by atoms with van der Waals surface area (Å²) in [5, 5.41) is 22.3. The van der Waals surface area contributed by atoms with Crippen LogP contribution in [0.1, 0.15) is 17.5 Å². The number of para-hydroxylation sites is 1. The van der Waals surface area contributed by atoms with E-state index < -0.39 is 17.5 Å². The minimum absolute atomic E-state index is 0.0143. The summed E-state index contributed by atoms with van der Waals surface area (Å²) in [6.45, 7) is -0.317. The molecule has 0 aliphatic carbocycles. The lowest BCUT2D eigenvalue weighted by atomic mass is 10.1. The Balaban J connectivity index is 1.53. The van der Waals surface area contributed by atoms with Gasteiger partial charge in [0, 0.05) is 5.69 Å². The van der Waals surface area contributed by atoms with Gasteiger partial charge >= 0.3 is 0 Å². The van der Waals surface area contributed by atoms with Crippen LogP contribution in [0.15, 0.2) is 78.9 Å². The molecule has 8 nitrogen and oxygen atoms in total. The van der Waals surface area contributed by atoms with Gasteiger partial charge in [0.15, 0.2) is 41.2 Å². The first-order chi connectivity index (χ1) is 17.3. The van der Waals surface area contributed by atoms with E-state index in [0.717, 1.165) is 0 Å². The van der Waals surface area contributed by atoms with Crippen molar-refractivity contribution in [2.75, 3.05) is 19.0 Å². The molecular formula is C28H25NO7. The predicted molar refractivity (Wildman–Crippen MR) is 136 cm³/mol. The van der Waals surface area contributed by atoms with Crippen molar-refractivity contribution in [3.63, 3.8) is 0 Å². The number of aromatic hydroxyl groups is 2. The number of methoxy groups -OCH3 is 1. The smallest absolute Gasteiger partial charge is 0.262 e. The number of nitrogens with one attached hydrogen (secondary N) is 1. The van der Waals surface area contributed by atoms with E-state index in [1.165, 1.54) is 49.6 Å². The fraction of sp³-hybridized carbons (Fsp3) is 0.107. The zero-order valence-electron chi connectivity index (χ0n) is 19.5. The Kier molecular flexibility index (Phi) is 9.00. The predicted octanol–water partition coefficient (Wildman–Crippen LogP) is 4.38. The minimum atomic E-state index is -0.411. The van der Waals surface area contributed by atoms with Crippen LogP contribution in [0.3, 0.4) is 0 Å². The molecule has 36 heavy (non-hydrogen) atoms. The van der Waals surface area contributed by atoms with Crippen LogP contribution in [0.2, 0.25) is 0 Å². The summed E-state index contributed by atoms with van der Waals surface area (Å²) in [4.78, 5) is 36.4. The fourth-order valence-electron chi connectivity index (χ4n) is 3.08. The zero-order chi connectivity index (χ0) is 25.9. The van der Waals surface area contributed by atoms with Gasteiger partial charge in [0.1, 0.15) is 0 Å². The molecule has 0 unspecified atom stereocenters. The van der Waals surface area contributed by atoms with E-state index in [1.54, 1.807) is 42.5 Å². The quantitative estimate of drug-likeness (QED) is 0.271. The molecule has 3 aromatic carbocycles. The standard InChI is InChI=1S/C28H25NO7/c1-35-26-15-19(9-13-24(26)32)7-11-22(30)17-23(31)12-8-20-10-14-25(33)27(16-20)36-18-28(34)29-21-5-3-2-4-6-21/h2-16,32-33H,17-18H2,1H3,(H,29,34). The molecule has 0 aromatic heterocycles. The molecule has 0 spiro atoms. The summed E-state index contributed by atoms with van der Waals surface area (Å²) < 4.78 is 10.4. The molecule has 0 aliphatic rings. The Hall–Kier alpha value is -4.85. The fourth-order valence-corrected chi connectivity index (χ4v) is 3.08. The van der Waals surface area contributed by atoms with Crippen molar-refractivity contribution in [1.29, 1.82) is 0 Å². The number of ether oxygens (including phenoxy) is 2. The number of phenolic OH excluding ortho intramolecular Hbond substituents is 2. The van der Waals surface area contributed by atoms with Gasteiger partial charge in [-0.3, -0.25) is 14.4 Å². The molecule has 0 saturated carbocycles. The maximum absolute atomic E-state index is 12.2. The van der Waals surface area contributed by atoms with Crippen LogP contribution in [0, 0.1) is 0 Å². The molecule has 8 heteroatoms. The lowest BCUT2D eigenvalue weighted by molar-refractivity contribution is -0.122. The molecule has 0 heterocycles. The Morgan fingerprint density at radius 2 is 1.36 bits per heavy atom. The molecular weight excluding hydrogens is 462 g/mol. The number of ketones is 2. The summed E-state index contributed by atoms with van der Waals surface area (Å²) >= 11 is 0. The number of rotatable bonds is 11. The van der Waals surface area contributed by atoms with E-state index in [0.29, 0.717) is 16.8 Å². The van der Waals surface area contributed by atoms with Crippen LogP contribution >= 0.6 is 0 Å². The van der Waals surface area contributed by atoms with E-state index in [2.05, 4.69) is 5.32 Å². The van der Waals surface area contributed by atoms with E-state index in [4.69, 9.17) is 9.47 Å². The van der Waals surface area contributed by atoms with Gasteiger partial charge in [0.25, 0.3) is 5.91 Å². The number of anilines is 1. The van der Waals surface area contributed by atoms with Crippen LogP contribution in [0.4, 0.5) is 5.69 Å². The number of hydrogen-bond donors (Lipinski definition) is 3. The number of benzene rings is 3. The van der Waals surface area contributed by atoms with Crippen molar-refractivity contribution in [1.82, 2.24) is 0 Å². The minimum Gasteiger partial charge on any atom is -0.504 e. The van der Waals surface area contributed by atoms with Gasteiger partial charge in [-0.05, 0) is 59.7 Å². The first-order valence-corrected chi connectivity index (χ1v) is 10.9. The average molecular weight is 488 g/mol. The Morgan fingerprint density at radius 1 is 0.806 bits per heavy atom. The van der Waals surface area contributed by atoms with Gasteiger partial charge < -0.3 is 25.0 Å². The van der Waals surface area contributed by atoms with Crippen LogP contribution in [-0.4, -0.2) is 41.4 Å². The third kappa shape index (κ3) is 7.88. The third-order valence-electron chi connectivity index (χ3n) is 4.88. The SMILES string of the molecule is COc1cc(C=CC(=O)CC(=O)C=Cc2ccc(O)c(OCC(=O)Nc3ccccc3)c2)ccc1O. The van der Waals surface area contributed by atoms with Crippen molar-refractivity contribution in [2.45, 2.75) is 6.42 Å². The van der Waals surface area contributed by atoms with Crippen LogP contribution in [-0.2, 0) is 14.4 Å². The highest BCUT2D eigenvalue weighted by Crippen LogP contribution is 2.28. The van der Waals surface area contributed by atoms with E-state index in [9.17, 15) is 24.6 Å². The van der Waals surface area contributed by atoms with E-state index in [-0.39, 0.29) is 36.0 Å². The summed E-state index contributed by atoms with van der Waals surface area (Å²) in [7, 11) is 1.42. The average Bonchev–Trinajstić information content (AvgIpc) is 2.87. The highest BCUT2D eigenvalue weighted by Gasteiger charge is 2.09. The molecule has 1 amide bonds. The van der Waals surface area contributed by atoms with Crippen molar-refractivity contribution in [2.24, 2.45) is 0 Å². The number of allylic oxidation sites excluding steroid dienone is 2. The Bertz CT molecular complexity index is 1300. The Labute approximate surface area is 208 Å². The number of hydrogen-bond acceptors (Lipinski definition) is 7. The first kappa shape index (κ1) is 25.8. The number of carbonyl (C=O) groups excluding carboxylic acids is 3. The molecule has 0 atom stereocenters. The summed E-state index contributed by atoms with van der Waals surface area (Å²) in [5.41, 5.74) is 1.80. The first-order valence-electron chi connectivity index (χ1n) is 10.9. The summed E-state index contributed by atoms with van der Waals surface area (Å²) in [6.07, 6.45) is 5.22. The van der Waals surface area contributed by atoms with Gasteiger partial charge in [-0.2, -0.15) is 0 Å². The maximum atomic E-state index is 12.2.